The third-order valence-corrected chi connectivity index (χ3v) is 8.08. The largest absolute Gasteiger partial charge is 0.495 e. The van der Waals surface area contributed by atoms with Crippen LogP contribution in [-0.4, -0.2) is 67.3 Å². The lowest BCUT2D eigenvalue weighted by molar-refractivity contribution is -0.118. The molecule has 36 heavy (non-hydrogen) atoms. The Bertz CT molecular complexity index is 1020. The number of carbonyl (C=O) groups excluding carboxylic acids is 2. The van der Waals surface area contributed by atoms with E-state index in [4.69, 9.17) is 25.8 Å². The van der Waals surface area contributed by atoms with Crippen LogP contribution in [-0.2, 0) is 20.7 Å². The molecular formula is C26H35ClN2O6S. The first kappa shape index (κ1) is 28.4. The fourth-order valence-corrected chi connectivity index (χ4v) is 5.76. The SMILES string of the molecule is COc1cc2cc(c1Cl)N(C)C(=O)CCC(O)S[C@H](C)C1CC(NC(=O)O1)[C@H](OC)/C=C/C=C(\C)C2. The molecule has 2 aliphatic heterocycles. The number of nitrogens with one attached hydrogen (secondary N) is 1. The number of benzene rings is 1. The Morgan fingerprint density at radius 3 is 2.72 bits per heavy atom. The van der Waals surface area contributed by atoms with Crippen LogP contribution >= 0.6 is 23.4 Å². The van der Waals surface area contributed by atoms with E-state index in [0.29, 0.717) is 29.3 Å². The molecule has 2 N–H and O–H groups in total. The highest BCUT2D eigenvalue weighted by molar-refractivity contribution is 8.00. The fourth-order valence-electron chi connectivity index (χ4n) is 4.36. The molecule has 0 saturated carbocycles. The number of aliphatic hydroxyl groups excluding tert-OH is 1. The van der Waals surface area contributed by atoms with Gasteiger partial charge in [0.25, 0.3) is 0 Å². The molecule has 0 radical (unpaired) electrons. The van der Waals surface area contributed by atoms with Gasteiger partial charge in [-0.2, -0.15) is 0 Å². The van der Waals surface area contributed by atoms with E-state index >= 15 is 0 Å². The number of ether oxygens (including phenoxy) is 3. The van der Waals surface area contributed by atoms with E-state index in [1.54, 1.807) is 21.3 Å². The van der Waals surface area contributed by atoms with Crippen molar-refractivity contribution < 1.29 is 28.9 Å². The van der Waals surface area contributed by atoms with Gasteiger partial charge in [0, 0.05) is 32.2 Å². The van der Waals surface area contributed by atoms with Gasteiger partial charge >= 0.3 is 6.09 Å². The average Bonchev–Trinajstić information content (AvgIpc) is 2.84. The van der Waals surface area contributed by atoms with Crippen molar-refractivity contribution in [3.63, 3.8) is 0 Å². The van der Waals surface area contributed by atoms with Crippen LogP contribution in [0.1, 0.15) is 38.7 Å². The quantitative estimate of drug-likeness (QED) is 0.573. The van der Waals surface area contributed by atoms with Crippen molar-refractivity contribution in [1.82, 2.24) is 5.32 Å². The molecule has 198 valence electrons. The van der Waals surface area contributed by atoms with Gasteiger partial charge < -0.3 is 29.5 Å². The van der Waals surface area contributed by atoms with Crippen molar-refractivity contribution in [2.75, 3.05) is 26.2 Å². The number of nitrogens with zero attached hydrogens (tertiary/aromatic N) is 1. The van der Waals surface area contributed by atoms with E-state index in [2.05, 4.69) is 5.32 Å². The summed E-state index contributed by atoms with van der Waals surface area (Å²) < 4.78 is 16.6. The monoisotopic (exact) mass is 538 g/mol. The van der Waals surface area contributed by atoms with Gasteiger partial charge in [0.15, 0.2) is 0 Å². The number of anilines is 1. The maximum Gasteiger partial charge on any atom is 0.407 e. The lowest BCUT2D eigenvalue weighted by Gasteiger charge is -2.36. The van der Waals surface area contributed by atoms with Crippen molar-refractivity contribution in [3.8, 4) is 5.75 Å². The van der Waals surface area contributed by atoms with Crippen LogP contribution in [0.3, 0.4) is 0 Å². The Morgan fingerprint density at radius 2 is 2.03 bits per heavy atom. The minimum Gasteiger partial charge on any atom is -0.495 e. The van der Waals surface area contributed by atoms with Crippen molar-refractivity contribution >= 4 is 41.1 Å². The average molecular weight is 539 g/mol. The third kappa shape index (κ3) is 7.18. The van der Waals surface area contributed by atoms with E-state index < -0.39 is 17.6 Å². The molecular weight excluding hydrogens is 504 g/mol. The Labute approximate surface area is 222 Å². The summed E-state index contributed by atoms with van der Waals surface area (Å²) in [5.41, 5.74) is 1.77. The van der Waals surface area contributed by atoms with Gasteiger partial charge in [-0.05, 0) is 44.4 Å². The Kier molecular flexibility index (Phi) is 10.1. The number of aliphatic hydroxyl groups is 1. The second kappa shape index (κ2) is 12.9. The highest BCUT2D eigenvalue weighted by Crippen LogP contribution is 2.37. The highest BCUT2D eigenvalue weighted by Gasteiger charge is 2.36. The zero-order chi connectivity index (χ0) is 26.4. The van der Waals surface area contributed by atoms with Crippen LogP contribution in [0.4, 0.5) is 10.5 Å². The topological polar surface area (TPSA) is 97.3 Å². The van der Waals surface area contributed by atoms with E-state index in [1.165, 1.54) is 16.7 Å². The van der Waals surface area contributed by atoms with Gasteiger partial charge in [0.05, 0.1) is 24.9 Å². The van der Waals surface area contributed by atoms with E-state index in [-0.39, 0.29) is 36.1 Å². The van der Waals surface area contributed by atoms with Gasteiger partial charge in [-0.25, -0.2) is 4.79 Å². The number of hydrogen-bond donors (Lipinski definition) is 2. The van der Waals surface area contributed by atoms with Crippen molar-refractivity contribution in [3.05, 3.63) is 46.5 Å². The minimum atomic E-state index is -0.798. The Morgan fingerprint density at radius 1 is 1.28 bits per heavy atom. The van der Waals surface area contributed by atoms with Gasteiger partial charge in [-0.1, -0.05) is 35.4 Å². The summed E-state index contributed by atoms with van der Waals surface area (Å²) in [6, 6.07) is 3.48. The molecule has 2 amide bonds. The molecule has 2 aliphatic rings. The van der Waals surface area contributed by atoms with Crippen molar-refractivity contribution in [1.29, 1.82) is 0 Å². The van der Waals surface area contributed by atoms with Crippen LogP contribution in [0.25, 0.3) is 0 Å². The molecule has 5 atom stereocenters. The summed E-state index contributed by atoms with van der Waals surface area (Å²) in [4.78, 5) is 26.7. The molecule has 4 bridgehead atoms. The van der Waals surface area contributed by atoms with Crippen LogP contribution in [0.5, 0.6) is 5.75 Å². The van der Waals surface area contributed by atoms with Crippen LogP contribution in [0.2, 0.25) is 5.02 Å². The Balaban J connectivity index is 1.96. The lowest BCUT2D eigenvalue weighted by atomic mass is 9.99. The number of carbonyl (C=O) groups is 2. The van der Waals surface area contributed by atoms with Crippen molar-refractivity contribution in [2.45, 2.75) is 68.5 Å². The fraction of sp³-hybridized carbons (Fsp3) is 0.538. The normalized spacial score (nSPS) is 30.6. The van der Waals surface area contributed by atoms with Gasteiger partial charge in [-0.3, -0.25) is 4.79 Å². The second-order valence-electron chi connectivity index (χ2n) is 9.12. The summed E-state index contributed by atoms with van der Waals surface area (Å²) in [5, 5.41) is 13.7. The molecule has 1 aromatic carbocycles. The molecule has 1 saturated heterocycles. The minimum absolute atomic E-state index is 0.128. The zero-order valence-electron chi connectivity index (χ0n) is 21.3. The number of fused-ring (bicyclic) bond motifs is 4. The predicted octanol–water partition coefficient (Wildman–Crippen LogP) is 4.47. The summed E-state index contributed by atoms with van der Waals surface area (Å²) >= 11 is 7.84. The van der Waals surface area contributed by atoms with Gasteiger partial charge in [-0.15, -0.1) is 11.8 Å². The molecule has 0 aromatic heterocycles. The number of thioether (sulfide) groups is 1. The molecule has 1 aromatic rings. The molecule has 3 unspecified atom stereocenters. The highest BCUT2D eigenvalue weighted by atomic mass is 35.5. The molecule has 10 heteroatoms. The van der Waals surface area contributed by atoms with E-state index in [1.807, 2.05) is 44.2 Å². The summed E-state index contributed by atoms with van der Waals surface area (Å²) in [7, 11) is 4.82. The third-order valence-electron chi connectivity index (χ3n) is 6.42. The first-order valence-electron chi connectivity index (χ1n) is 11.9. The number of methoxy groups -OCH3 is 2. The smallest absolute Gasteiger partial charge is 0.407 e. The molecule has 0 spiro atoms. The maximum absolute atomic E-state index is 13.0. The first-order chi connectivity index (χ1) is 17.1. The van der Waals surface area contributed by atoms with Gasteiger partial charge in [0.1, 0.15) is 22.3 Å². The number of hydrogen-bond acceptors (Lipinski definition) is 7. The second-order valence-corrected chi connectivity index (χ2v) is 11.1. The lowest BCUT2D eigenvalue weighted by Crippen LogP contribution is -2.53. The maximum atomic E-state index is 13.0. The number of amides is 2. The molecule has 2 heterocycles. The summed E-state index contributed by atoms with van der Waals surface area (Å²) in [6.07, 6.45) is 6.10. The molecule has 0 aliphatic carbocycles. The molecule has 1 fully saturated rings. The standard InChI is InChI=1S/C26H35ClN2O6S/c1-15-7-6-8-20(33-4)18-14-21(35-26(32)28-18)16(2)36-24(31)10-9-23(30)29(3)19-12-17(11-15)13-22(34-5)25(19)27/h6-8,12-13,16,18,20-21,24,31H,9-11,14H2,1-5H3,(H,28,32)/b8-6+,15-7+/t16-,18?,20-,21?,24?/m1/s1. The van der Waals surface area contributed by atoms with E-state index in [0.717, 1.165) is 11.1 Å². The molecule has 8 nitrogen and oxygen atoms in total. The number of halogens is 1. The zero-order valence-corrected chi connectivity index (χ0v) is 22.9. The van der Waals surface area contributed by atoms with Crippen LogP contribution in [0, 0.1) is 0 Å². The summed E-state index contributed by atoms with van der Waals surface area (Å²) in [5.74, 6) is 0.317. The summed E-state index contributed by atoms with van der Waals surface area (Å²) in [6.45, 7) is 3.92. The van der Waals surface area contributed by atoms with Crippen molar-refractivity contribution in [2.24, 2.45) is 0 Å². The van der Waals surface area contributed by atoms with Gasteiger partial charge in [0.2, 0.25) is 5.91 Å². The Hall–Kier alpha value is -2.20. The van der Waals surface area contributed by atoms with Crippen LogP contribution in [0.15, 0.2) is 35.9 Å². The van der Waals surface area contributed by atoms with E-state index in [9.17, 15) is 14.7 Å². The first-order valence-corrected chi connectivity index (χ1v) is 13.2. The number of alkyl carbamates (subject to hydrolysis) is 1. The number of rotatable bonds is 2. The predicted molar refractivity (Wildman–Crippen MR) is 143 cm³/mol. The number of allylic oxidation sites excluding steroid dienone is 3. The molecule has 3 rings (SSSR count). The van der Waals surface area contributed by atoms with Crippen LogP contribution < -0.4 is 15.0 Å².